The van der Waals surface area contributed by atoms with E-state index in [4.69, 9.17) is 0 Å². The van der Waals surface area contributed by atoms with Crippen molar-refractivity contribution in [1.29, 1.82) is 0 Å². The first-order chi connectivity index (χ1) is 8.29. The molecule has 0 unspecified atom stereocenters. The molecular formula is C17H16. The minimum absolute atomic E-state index is 1.10. The fourth-order valence-corrected chi connectivity index (χ4v) is 2.53. The molecule has 0 fully saturated rings. The van der Waals surface area contributed by atoms with Gasteiger partial charge in [0.05, 0.1) is 0 Å². The van der Waals surface area contributed by atoms with E-state index in [-0.39, 0.29) is 0 Å². The molecule has 0 radical (unpaired) electrons. The summed E-state index contributed by atoms with van der Waals surface area (Å²) in [6.45, 7) is 4.38. The van der Waals surface area contributed by atoms with Crippen molar-refractivity contribution in [2.75, 3.05) is 0 Å². The molecule has 0 heteroatoms. The van der Waals surface area contributed by atoms with E-state index in [1.165, 1.54) is 32.7 Å². The Kier molecular flexibility index (Phi) is 2.36. The van der Waals surface area contributed by atoms with E-state index in [9.17, 15) is 0 Å². The second-order valence-corrected chi connectivity index (χ2v) is 4.64. The zero-order valence-electron chi connectivity index (χ0n) is 10.3. The third-order valence-corrected chi connectivity index (χ3v) is 3.57. The molecule has 3 aromatic carbocycles. The zero-order valence-corrected chi connectivity index (χ0v) is 10.3. The van der Waals surface area contributed by atoms with Gasteiger partial charge < -0.3 is 0 Å². The van der Waals surface area contributed by atoms with Crippen molar-refractivity contribution in [3.8, 4) is 0 Å². The first-order valence-electron chi connectivity index (χ1n) is 6.20. The van der Waals surface area contributed by atoms with Gasteiger partial charge in [-0.1, -0.05) is 55.5 Å². The summed E-state index contributed by atoms with van der Waals surface area (Å²) >= 11 is 0. The van der Waals surface area contributed by atoms with Gasteiger partial charge in [-0.3, -0.25) is 0 Å². The van der Waals surface area contributed by atoms with E-state index >= 15 is 0 Å². The first-order valence-corrected chi connectivity index (χ1v) is 6.20. The van der Waals surface area contributed by atoms with Crippen LogP contribution in [0.4, 0.5) is 0 Å². The Bertz CT molecular complexity index is 693. The Labute approximate surface area is 102 Å². The van der Waals surface area contributed by atoms with E-state index < -0.39 is 0 Å². The maximum atomic E-state index is 2.30. The Hall–Kier alpha value is -1.82. The SMILES string of the molecule is CCc1ccc2c(ccc3c(C)cccc32)c1. The average molecular weight is 220 g/mol. The smallest absolute Gasteiger partial charge is 0.0103 e. The highest BCUT2D eigenvalue weighted by atomic mass is 14.1. The van der Waals surface area contributed by atoms with Crippen LogP contribution in [-0.2, 0) is 6.42 Å². The molecular weight excluding hydrogens is 204 g/mol. The lowest BCUT2D eigenvalue weighted by molar-refractivity contribution is 1.15. The second kappa shape index (κ2) is 3.89. The van der Waals surface area contributed by atoms with E-state index in [1.807, 2.05) is 0 Å². The van der Waals surface area contributed by atoms with Gasteiger partial charge in [0, 0.05) is 0 Å². The summed E-state index contributed by atoms with van der Waals surface area (Å²) in [7, 11) is 0. The van der Waals surface area contributed by atoms with Crippen LogP contribution >= 0.6 is 0 Å². The Morgan fingerprint density at radius 2 is 1.65 bits per heavy atom. The molecule has 0 aliphatic rings. The number of hydrogen-bond acceptors (Lipinski definition) is 0. The van der Waals surface area contributed by atoms with E-state index in [1.54, 1.807) is 0 Å². The maximum Gasteiger partial charge on any atom is -0.0103 e. The summed E-state index contributed by atoms with van der Waals surface area (Å²) in [6.07, 6.45) is 1.10. The lowest BCUT2D eigenvalue weighted by Crippen LogP contribution is -1.83. The van der Waals surface area contributed by atoms with Gasteiger partial charge in [-0.05, 0) is 46.0 Å². The molecule has 0 saturated carbocycles. The Morgan fingerprint density at radius 1 is 0.824 bits per heavy atom. The molecule has 3 aromatic rings. The lowest BCUT2D eigenvalue weighted by atomic mass is 9.97. The molecule has 0 heterocycles. The van der Waals surface area contributed by atoms with Crippen LogP contribution < -0.4 is 0 Å². The van der Waals surface area contributed by atoms with E-state index in [0.717, 1.165) is 6.42 Å². The highest BCUT2D eigenvalue weighted by molar-refractivity contribution is 6.08. The molecule has 0 amide bonds. The number of benzene rings is 3. The van der Waals surface area contributed by atoms with Crippen molar-refractivity contribution in [1.82, 2.24) is 0 Å². The van der Waals surface area contributed by atoms with Crippen LogP contribution in [0, 0.1) is 6.92 Å². The maximum absolute atomic E-state index is 2.30. The standard InChI is InChI=1S/C17H16/c1-3-13-7-9-16-14(11-13)8-10-15-12(2)5-4-6-17(15)16/h4-11H,3H2,1-2H3. The molecule has 0 nitrogen and oxygen atoms in total. The van der Waals surface area contributed by atoms with Crippen molar-refractivity contribution in [3.63, 3.8) is 0 Å². The summed E-state index contributed by atoms with van der Waals surface area (Å²) in [5.41, 5.74) is 2.76. The van der Waals surface area contributed by atoms with Crippen molar-refractivity contribution in [3.05, 3.63) is 59.7 Å². The van der Waals surface area contributed by atoms with Gasteiger partial charge in [-0.15, -0.1) is 0 Å². The highest BCUT2D eigenvalue weighted by Crippen LogP contribution is 2.28. The molecule has 0 atom stereocenters. The zero-order chi connectivity index (χ0) is 11.8. The largest absolute Gasteiger partial charge is 0.0613 e. The van der Waals surface area contributed by atoms with Gasteiger partial charge in [0.25, 0.3) is 0 Å². The Morgan fingerprint density at radius 3 is 2.47 bits per heavy atom. The minimum atomic E-state index is 1.10. The predicted octanol–water partition coefficient (Wildman–Crippen LogP) is 4.86. The fourth-order valence-electron chi connectivity index (χ4n) is 2.53. The van der Waals surface area contributed by atoms with Crippen molar-refractivity contribution in [2.24, 2.45) is 0 Å². The van der Waals surface area contributed by atoms with E-state index in [2.05, 4.69) is 62.4 Å². The van der Waals surface area contributed by atoms with Gasteiger partial charge in [-0.2, -0.15) is 0 Å². The van der Waals surface area contributed by atoms with Gasteiger partial charge in [0.2, 0.25) is 0 Å². The summed E-state index contributed by atoms with van der Waals surface area (Å²) in [5.74, 6) is 0. The molecule has 0 saturated heterocycles. The molecule has 0 aliphatic carbocycles. The third kappa shape index (κ3) is 1.61. The molecule has 17 heavy (non-hydrogen) atoms. The average Bonchev–Trinajstić information content (AvgIpc) is 2.38. The highest BCUT2D eigenvalue weighted by Gasteiger charge is 2.02. The molecule has 0 aromatic heterocycles. The number of hydrogen-bond donors (Lipinski definition) is 0. The van der Waals surface area contributed by atoms with Crippen LogP contribution in [0.5, 0.6) is 0 Å². The molecule has 0 N–H and O–H groups in total. The predicted molar refractivity (Wildman–Crippen MR) is 75.6 cm³/mol. The van der Waals surface area contributed by atoms with Gasteiger partial charge in [0.15, 0.2) is 0 Å². The normalized spacial score (nSPS) is 11.2. The molecule has 3 rings (SSSR count). The van der Waals surface area contributed by atoms with Gasteiger partial charge >= 0.3 is 0 Å². The van der Waals surface area contributed by atoms with Crippen molar-refractivity contribution >= 4 is 21.5 Å². The van der Waals surface area contributed by atoms with Crippen LogP contribution in [0.3, 0.4) is 0 Å². The van der Waals surface area contributed by atoms with Crippen LogP contribution in [0.1, 0.15) is 18.1 Å². The number of rotatable bonds is 1. The van der Waals surface area contributed by atoms with Gasteiger partial charge in [-0.25, -0.2) is 0 Å². The second-order valence-electron chi connectivity index (χ2n) is 4.64. The van der Waals surface area contributed by atoms with Gasteiger partial charge in [0.1, 0.15) is 0 Å². The summed E-state index contributed by atoms with van der Waals surface area (Å²) in [5, 5.41) is 5.44. The van der Waals surface area contributed by atoms with Crippen LogP contribution in [0.25, 0.3) is 21.5 Å². The van der Waals surface area contributed by atoms with Crippen LogP contribution in [0.15, 0.2) is 48.5 Å². The van der Waals surface area contributed by atoms with E-state index in [0.29, 0.717) is 0 Å². The lowest BCUT2D eigenvalue weighted by Gasteiger charge is -2.07. The fraction of sp³-hybridized carbons (Fsp3) is 0.176. The monoisotopic (exact) mass is 220 g/mol. The number of fused-ring (bicyclic) bond motifs is 3. The van der Waals surface area contributed by atoms with Crippen LogP contribution in [-0.4, -0.2) is 0 Å². The number of aryl methyl sites for hydroxylation is 2. The summed E-state index contributed by atoms with van der Waals surface area (Å²) < 4.78 is 0. The summed E-state index contributed by atoms with van der Waals surface area (Å²) in [4.78, 5) is 0. The van der Waals surface area contributed by atoms with Crippen molar-refractivity contribution < 1.29 is 0 Å². The first kappa shape index (κ1) is 10.3. The Balaban J connectivity index is 2.44. The molecule has 0 aliphatic heterocycles. The van der Waals surface area contributed by atoms with Crippen molar-refractivity contribution in [2.45, 2.75) is 20.3 Å². The topological polar surface area (TPSA) is 0 Å². The van der Waals surface area contributed by atoms with Crippen LogP contribution in [0.2, 0.25) is 0 Å². The quantitative estimate of drug-likeness (QED) is 0.513. The third-order valence-electron chi connectivity index (χ3n) is 3.57. The summed E-state index contributed by atoms with van der Waals surface area (Å²) in [6, 6.07) is 17.8. The molecule has 0 spiro atoms. The molecule has 84 valence electrons. The minimum Gasteiger partial charge on any atom is -0.0613 e. The molecule has 0 bridgehead atoms.